The Bertz CT molecular complexity index is 1460. The smallest absolute Gasteiger partial charge is 0.271 e. The van der Waals surface area contributed by atoms with Gasteiger partial charge in [-0.15, -0.1) is 11.3 Å². The maximum Gasteiger partial charge on any atom is 0.271 e. The molecule has 0 saturated carbocycles. The Kier molecular flexibility index (Phi) is 5.79. The molecule has 1 amide bonds. The van der Waals surface area contributed by atoms with Crippen LogP contribution in [0.1, 0.15) is 29.7 Å². The Morgan fingerprint density at radius 1 is 1.24 bits per heavy atom. The van der Waals surface area contributed by atoms with Crippen LogP contribution < -0.4 is 10.9 Å². The Balaban J connectivity index is 1.45. The molecule has 1 aliphatic carbocycles. The molecular formula is C24H21N5O2S2. The number of anilines is 1. The summed E-state index contributed by atoms with van der Waals surface area (Å²) in [5, 5.41) is 15.2. The van der Waals surface area contributed by atoms with Gasteiger partial charge < -0.3 is 5.32 Å². The summed E-state index contributed by atoms with van der Waals surface area (Å²) in [6, 6.07) is 13.9. The van der Waals surface area contributed by atoms with Gasteiger partial charge in [-0.2, -0.15) is 5.26 Å². The Hall–Kier alpha value is -3.35. The molecule has 1 aromatic carbocycles. The summed E-state index contributed by atoms with van der Waals surface area (Å²) >= 11 is 2.57. The van der Waals surface area contributed by atoms with Crippen molar-refractivity contribution in [1.82, 2.24) is 14.1 Å². The van der Waals surface area contributed by atoms with E-state index in [0.29, 0.717) is 26.8 Å². The zero-order chi connectivity index (χ0) is 22.9. The predicted octanol–water partition coefficient (Wildman–Crippen LogP) is 4.27. The van der Waals surface area contributed by atoms with Crippen LogP contribution in [0.25, 0.3) is 15.9 Å². The first-order chi connectivity index (χ1) is 16.1. The second-order valence-corrected chi connectivity index (χ2v) is 9.73. The number of benzene rings is 1. The third-order valence-corrected chi connectivity index (χ3v) is 7.76. The number of thiophene rings is 1. The largest absolute Gasteiger partial charge is 0.310 e. The van der Waals surface area contributed by atoms with Crippen LogP contribution in [0, 0.1) is 11.3 Å². The van der Waals surface area contributed by atoms with Gasteiger partial charge in [0.15, 0.2) is 5.16 Å². The van der Waals surface area contributed by atoms with Gasteiger partial charge in [-0.25, -0.2) is 4.98 Å². The lowest BCUT2D eigenvalue weighted by Crippen LogP contribution is -2.21. The van der Waals surface area contributed by atoms with Gasteiger partial charge >= 0.3 is 0 Å². The molecule has 0 saturated heterocycles. The molecular weight excluding hydrogens is 454 g/mol. The van der Waals surface area contributed by atoms with Gasteiger partial charge in [0, 0.05) is 18.4 Å². The first kappa shape index (κ1) is 21.5. The molecule has 0 radical (unpaired) electrons. The van der Waals surface area contributed by atoms with Gasteiger partial charge in [-0.1, -0.05) is 30.0 Å². The van der Waals surface area contributed by atoms with Crippen molar-refractivity contribution >= 4 is 45.0 Å². The van der Waals surface area contributed by atoms with Crippen molar-refractivity contribution in [2.75, 3.05) is 11.1 Å². The van der Waals surface area contributed by atoms with Crippen LogP contribution in [0.15, 0.2) is 51.7 Å². The van der Waals surface area contributed by atoms with Gasteiger partial charge in [0.2, 0.25) is 5.91 Å². The van der Waals surface area contributed by atoms with Gasteiger partial charge in [-0.05, 0) is 54.8 Å². The standard InChI is InChI=1S/C24H21N5O2S2/c1-28-23(31)21-18(11-12-32-21)26-24(28)33-14-20(30)27-22-17(13-25)16-9-5-6-10-19(16)29(22)15-7-3-2-4-8-15/h2-4,7-8,11-12H,5-6,9-10,14H2,1H3,(H,27,30). The van der Waals surface area contributed by atoms with E-state index in [0.717, 1.165) is 42.6 Å². The molecule has 3 heterocycles. The van der Waals surface area contributed by atoms with Gasteiger partial charge in [0.05, 0.1) is 16.8 Å². The zero-order valence-corrected chi connectivity index (χ0v) is 19.6. The molecule has 0 atom stereocenters. The lowest BCUT2D eigenvalue weighted by atomic mass is 9.95. The number of para-hydroxylation sites is 1. The second-order valence-electron chi connectivity index (χ2n) is 7.87. The quantitative estimate of drug-likeness (QED) is 0.344. The number of carbonyl (C=O) groups is 1. The van der Waals surface area contributed by atoms with E-state index in [2.05, 4.69) is 16.4 Å². The molecule has 3 aromatic heterocycles. The number of carbonyl (C=O) groups excluding carboxylic acids is 1. The van der Waals surface area contributed by atoms with Gasteiger partial charge in [0.1, 0.15) is 16.6 Å². The van der Waals surface area contributed by atoms with E-state index in [-0.39, 0.29) is 17.2 Å². The number of nitrogens with zero attached hydrogens (tertiary/aromatic N) is 4. The van der Waals surface area contributed by atoms with Crippen molar-refractivity contribution in [3.05, 3.63) is 69.0 Å². The van der Waals surface area contributed by atoms with E-state index in [1.54, 1.807) is 7.05 Å². The Morgan fingerprint density at radius 2 is 2.03 bits per heavy atom. The molecule has 0 bridgehead atoms. The zero-order valence-electron chi connectivity index (χ0n) is 18.0. The fraction of sp³-hybridized carbons (Fsp3) is 0.250. The third-order valence-electron chi connectivity index (χ3n) is 5.83. The number of hydrogen-bond acceptors (Lipinski definition) is 6. The average Bonchev–Trinajstić information content (AvgIpc) is 3.43. The SMILES string of the molecule is Cn1c(SCC(=O)Nc2c(C#N)c3c(n2-c2ccccc2)CCCC3)nc2ccsc2c1=O. The lowest BCUT2D eigenvalue weighted by molar-refractivity contribution is -0.113. The van der Waals surface area contributed by atoms with E-state index in [4.69, 9.17) is 0 Å². The molecule has 33 heavy (non-hydrogen) atoms. The fourth-order valence-corrected chi connectivity index (χ4v) is 5.87. The monoisotopic (exact) mass is 475 g/mol. The topological polar surface area (TPSA) is 92.7 Å². The summed E-state index contributed by atoms with van der Waals surface area (Å²) in [7, 11) is 1.66. The van der Waals surface area contributed by atoms with E-state index in [1.165, 1.54) is 27.7 Å². The molecule has 7 nitrogen and oxygen atoms in total. The minimum atomic E-state index is -0.247. The molecule has 0 spiro atoms. The van der Waals surface area contributed by atoms with E-state index in [9.17, 15) is 14.9 Å². The second kappa shape index (κ2) is 8.89. The number of rotatable bonds is 5. The number of hydrogen-bond donors (Lipinski definition) is 1. The van der Waals surface area contributed by atoms with Crippen LogP contribution in [-0.2, 0) is 24.7 Å². The van der Waals surface area contributed by atoms with E-state index >= 15 is 0 Å². The van der Waals surface area contributed by atoms with Crippen LogP contribution >= 0.6 is 23.1 Å². The van der Waals surface area contributed by atoms with Gasteiger partial charge in [0.25, 0.3) is 5.56 Å². The number of thioether (sulfide) groups is 1. The minimum Gasteiger partial charge on any atom is -0.310 e. The summed E-state index contributed by atoms with van der Waals surface area (Å²) in [4.78, 5) is 30.0. The molecule has 1 N–H and O–H groups in total. The van der Waals surface area contributed by atoms with Crippen molar-refractivity contribution in [2.24, 2.45) is 7.05 Å². The van der Waals surface area contributed by atoms with Crippen LogP contribution in [0.4, 0.5) is 5.82 Å². The Morgan fingerprint density at radius 3 is 2.82 bits per heavy atom. The summed E-state index contributed by atoms with van der Waals surface area (Å²) in [5.41, 5.74) is 4.12. The number of fused-ring (bicyclic) bond motifs is 2. The molecule has 0 aliphatic heterocycles. The highest BCUT2D eigenvalue weighted by Crippen LogP contribution is 2.35. The molecule has 9 heteroatoms. The van der Waals surface area contributed by atoms with Crippen LogP contribution in [-0.4, -0.2) is 25.8 Å². The molecule has 166 valence electrons. The molecule has 0 unspecified atom stereocenters. The van der Waals surface area contributed by atoms with Crippen molar-refractivity contribution in [3.63, 3.8) is 0 Å². The minimum absolute atomic E-state index is 0.0748. The fourth-order valence-electron chi connectivity index (χ4n) is 4.29. The number of aromatic nitrogens is 3. The molecule has 4 aromatic rings. The third kappa shape index (κ3) is 3.86. The average molecular weight is 476 g/mol. The van der Waals surface area contributed by atoms with Crippen molar-refractivity contribution in [2.45, 2.75) is 30.8 Å². The first-order valence-electron chi connectivity index (χ1n) is 10.7. The van der Waals surface area contributed by atoms with Gasteiger partial charge in [-0.3, -0.25) is 18.7 Å². The summed E-state index contributed by atoms with van der Waals surface area (Å²) in [6.45, 7) is 0. The predicted molar refractivity (Wildman–Crippen MR) is 131 cm³/mol. The highest BCUT2D eigenvalue weighted by atomic mass is 32.2. The number of nitriles is 1. The summed E-state index contributed by atoms with van der Waals surface area (Å²) in [6.07, 6.45) is 3.80. The maximum atomic E-state index is 13.0. The number of nitrogens with one attached hydrogen (secondary N) is 1. The summed E-state index contributed by atoms with van der Waals surface area (Å²) in [5.74, 6) is 0.352. The van der Waals surface area contributed by atoms with Crippen molar-refractivity contribution < 1.29 is 4.79 Å². The lowest BCUT2D eigenvalue weighted by Gasteiger charge is -2.17. The van der Waals surface area contributed by atoms with E-state index in [1.807, 2.05) is 46.3 Å². The van der Waals surface area contributed by atoms with E-state index < -0.39 is 0 Å². The highest BCUT2D eigenvalue weighted by Gasteiger charge is 2.26. The number of amides is 1. The molecule has 5 rings (SSSR count). The van der Waals surface area contributed by atoms with Crippen molar-refractivity contribution in [3.8, 4) is 11.8 Å². The summed E-state index contributed by atoms with van der Waals surface area (Å²) < 4.78 is 4.10. The highest BCUT2D eigenvalue weighted by molar-refractivity contribution is 7.99. The molecule has 0 fully saturated rings. The van der Waals surface area contributed by atoms with Crippen LogP contribution in [0.2, 0.25) is 0 Å². The normalized spacial score (nSPS) is 13.0. The molecule has 1 aliphatic rings. The van der Waals surface area contributed by atoms with Crippen LogP contribution in [0.3, 0.4) is 0 Å². The Labute approximate surface area is 198 Å². The maximum absolute atomic E-state index is 13.0. The van der Waals surface area contributed by atoms with Crippen molar-refractivity contribution in [1.29, 1.82) is 5.26 Å². The van der Waals surface area contributed by atoms with Crippen LogP contribution in [0.5, 0.6) is 0 Å². The first-order valence-corrected chi connectivity index (χ1v) is 12.5.